The molecule has 0 saturated heterocycles. The zero-order valence-electron chi connectivity index (χ0n) is 10.7. The van der Waals surface area contributed by atoms with Crippen LogP contribution in [0.1, 0.15) is 36.8 Å². The van der Waals surface area contributed by atoms with Gasteiger partial charge in [0.25, 0.3) is 0 Å². The van der Waals surface area contributed by atoms with Gasteiger partial charge in [-0.2, -0.15) is 0 Å². The predicted molar refractivity (Wildman–Crippen MR) is 71.7 cm³/mol. The number of aliphatic hydroxyl groups is 1. The zero-order chi connectivity index (χ0) is 13.2. The summed E-state index contributed by atoms with van der Waals surface area (Å²) in [6.45, 7) is 1.27. The van der Waals surface area contributed by atoms with Crippen molar-refractivity contribution < 1.29 is 9.90 Å². The third-order valence-electron chi connectivity index (χ3n) is 2.78. The third kappa shape index (κ3) is 5.80. The Labute approximate surface area is 108 Å². The molecule has 0 unspecified atom stereocenters. The minimum absolute atomic E-state index is 0.0612. The standard InChI is InChI=1S/C14H22N2O2/c15-10-12-5-4-6-13(9-12)11-16-14(18)7-2-1-3-8-17/h4-6,9,17H,1-3,7-8,10-11,15H2,(H,16,18). The fourth-order valence-corrected chi connectivity index (χ4v) is 1.73. The fraction of sp³-hybridized carbons (Fsp3) is 0.500. The van der Waals surface area contributed by atoms with Crippen LogP contribution in [0.3, 0.4) is 0 Å². The van der Waals surface area contributed by atoms with E-state index in [9.17, 15) is 4.79 Å². The molecule has 0 saturated carbocycles. The number of benzene rings is 1. The Bertz CT molecular complexity index is 367. The van der Waals surface area contributed by atoms with E-state index < -0.39 is 0 Å². The number of amides is 1. The SMILES string of the molecule is NCc1cccc(CNC(=O)CCCCCO)c1. The van der Waals surface area contributed by atoms with E-state index in [4.69, 9.17) is 10.8 Å². The van der Waals surface area contributed by atoms with Crippen molar-refractivity contribution >= 4 is 5.91 Å². The lowest BCUT2D eigenvalue weighted by Crippen LogP contribution is -2.22. The lowest BCUT2D eigenvalue weighted by atomic mass is 10.1. The van der Waals surface area contributed by atoms with Crippen molar-refractivity contribution in [3.8, 4) is 0 Å². The average molecular weight is 250 g/mol. The first kappa shape index (κ1) is 14.7. The summed E-state index contributed by atoms with van der Waals surface area (Å²) < 4.78 is 0. The zero-order valence-corrected chi connectivity index (χ0v) is 10.7. The minimum Gasteiger partial charge on any atom is -0.396 e. The molecule has 4 heteroatoms. The molecule has 4 N–H and O–H groups in total. The van der Waals surface area contributed by atoms with Crippen LogP contribution >= 0.6 is 0 Å². The number of nitrogens with one attached hydrogen (secondary N) is 1. The monoisotopic (exact) mass is 250 g/mol. The van der Waals surface area contributed by atoms with E-state index in [0.717, 1.165) is 30.4 Å². The van der Waals surface area contributed by atoms with Gasteiger partial charge >= 0.3 is 0 Å². The van der Waals surface area contributed by atoms with Crippen LogP contribution in [0.25, 0.3) is 0 Å². The molecular formula is C14H22N2O2. The Hall–Kier alpha value is -1.39. The quantitative estimate of drug-likeness (QED) is 0.609. The van der Waals surface area contributed by atoms with Gasteiger partial charge in [-0.05, 0) is 24.0 Å². The number of carbonyl (C=O) groups excluding carboxylic acids is 1. The summed E-state index contributed by atoms with van der Waals surface area (Å²) in [7, 11) is 0. The Balaban J connectivity index is 2.24. The Morgan fingerprint density at radius 2 is 2.00 bits per heavy atom. The van der Waals surface area contributed by atoms with Crippen LogP contribution in [-0.2, 0) is 17.9 Å². The van der Waals surface area contributed by atoms with Crippen molar-refractivity contribution in [1.29, 1.82) is 0 Å². The Morgan fingerprint density at radius 3 is 2.72 bits per heavy atom. The minimum atomic E-state index is 0.0612. The van der Waals surface area contributed by atoms with E-state index in [2.05, 4.69) is 5.32 Å². The highest BCUT2D eigenvalue weighted by molar-refractivity contribution is 5.75. The van der Waals surface area contributed by atoms with E-state index in [1.165, 1.54) is 0 Å². The number of nitrogens with two attached hydrogens (primary N) is 1. The molecule has 4 nitrogen and oxygen atoms in total. The fourth-order valence-electron chi connectivity index (χ4n) is 1.73. The summed E-state index contributed by atoms with van der Waals surface area (Å²) in [5, 5.41) is 11.5. The van der Waals surface area contributed by atoms with Crippen LogP contribution in [0.2, 0.25) is 0 Å². The van der Waals surface area contributed by atoms with Gasteiger partial charge in [0.2, 0.25) is 5.91 Å². The molecule has 0 aliphatic rings. The lowest BCUT2D eigenvalue weighted by Gasteiger charge is -2.06. The molecule has 0 atom stereocenters. The van der Waals surface area contributed by atoms with Crippen LogP contribution in [0.15, 0.2) is 24.3 Å². The second-order valence-electron chi connectivity index (χ2n) is 4.34. The molecule has 0 radical (unpaired) electrons. The van der Waals surface area contributed by atoms with E-state index in [1.807, 2.05) is 24.3 Å². The van der Waals surface area contributed by atoms with Crippen LogP contribution in [0.4, 0.5) is 0 Å². The van der Waals surface area contributed by atoms with Crippen LogP contribution in [0.5, 0.6) is 0 Å². The largest absolute Gasteiger partial charge is 0.396 e. The second-order valence-corrected chi connectivity index (χ2v) is 4.34. The van der Waals surface area contributed by atoms with Gasteiger partial charge in [0.15, 0.2) is 0 Å². The first-order valence-electron chi connectivity index (χ1n) is 6.41. The van der Waals surface area contributed by atoms with Crippen molar-refractivity contribution in [2.24, 2.45) is 5.73 Å². The van der Waals surface area contributed by atoms with Gasteiger partial charge in [0, 0.05) is 26.1 Å². The maximum Gasteiger partial charge on any atom is 0.220 e. The van der Waals surface area contributed by atoms with Crippen LogP contribution in [-0.4, -0.2) is 17.6 Å². The molecular weight excluding hydrogens is 228 g/mol. The van der Waals surface area contributed by atoms with Crippen molar-refractivity contribution in [3.05, 3.63) is 35.4 Å². The molecule has 1 aromatic rings. The molecule has 0 aliphatic heterocycles. The number of rotatable bonds is 8. The molecule has 0 spiro atoms. The van der Waals surface area contributed by atoms with E-state index >= 15 is 0 Å². The molecule has 0 fully saturated rings. The normalized spacial score (nSPS) is 10.3. The summed E-state index contributed by atoms with van der Waals surface area (Å²) in [5.41, 5.74) is 7.71. The number of aliphatic hydroxyl groups excluding tert-OH is 1. The number of unbranched alkanes of at least 4 members (excludes halogenated alkanes) is 2. The number of hydrogen-bond donors (Lipinski definition) is 3. The average Bonchev–Trinajstić information content (AvgIpc) is 2.41. The molecule has 1 aromatic carbocycles. The smallest absolute Gasteiger partial charge is 0.220 e. The van der Waals surface area contributed by atoms with E-state index in [1.54, 1.807) is 0 Å². The maximum absolute atomic E-state index is 11.5. The number of carbonyl (C=O) groups is 1. The molecule has 0 heterocycles. The first-order chi connectivity index (χ1) is 8.76. The van der Waals surface area contributed by atoms with Crippen LogP contribution in [0, 0.1) is 0 Å². The van der Waals surface area contributed by atoms with E-state index in [0.29, 0.717) is 19.5 Å². The summed E-state index contributed by atoms with van der Waals surface area (Å²) in [4.78, 5) is 11.5. The van der Waals surface area contributed by atoms with Gasteiger partial charge in [0.05, 0.1) is 0 Å². The van der Waals surface area contributed by atoms with Gasteiger partial charge in [-0.25, -0.2) is 0 Å². The van der Waals surface area contributed by atoms with Gasteiger partial charge in [-0.3, -0.25) is 4.79 Å². The van der Waals surface area contributed by atoms with Gasteiger partial charge < -0.3 is 16.2 Å². The first-order valence-corrected chi connectivity index (χ1v) is 6.41. The maximum atomic E-state index is 11.5. The summed E-state index contributed by atoms with van der Waals surface area (Å²) in [6, 6.07) is 7.91. The van der Waals surface area contributed by atoms with Gasteiger partial charge in [-0.15, -0.1) is 0 Å². The molecule has 0 bridgehead atoms. The Kier molecular flexibility index (Phi) is 7.06. The summed E-state index contributed by atoms with van der Waals surface area (Å²) in [6.07, 6.45) is 3.02. The highest BCUT2D eigenvalue weighted by Gasteiger charge is 2.01. The molecule has 18 heavy (non-hydrogen) atoms. The van der Waals surface area contributed by atoms with Gasteiger partial charge in [-0.1, -0.05) is 30.7 Å². The van der Waals surface area contributed by atoms with Crippen molar-refractivity contribution in [2.75, 3.05) is 6.61 Å². The molecule has 0 aromatic heterocycles. The third-order valence-corrected chi connectivity index (χ3v) is 2.78. The van der Waals surface area contributed by atoms with Crippen molar-refractivity contribution in [3.63, 3.8) is 0 Å². The molecule has 100 valence electrons. The number of hydrogen-bond acceptors (Lipinski definition) is 3. The lowest BCUT2D eigenvalue weighted by molar-refractivity contribution is -0.121. The van der Waals surface area contributed by atoms with Crippen molar-refractivity contribution in [1.82, 2.24) is 5.32 Å². The summed E-state index contributed by atoms with van der Waals surface area (Å²) in [5.74, 6) is 0.0612. The highest BCUT2D eigenvalue weighted by Crippen LogP contribution is 2.05. The molecule has 0 aliphatic carbocycles. The highest BCUT2D eigenvalue weighted by atomic mass is 16.2. The molecule has 1 rings (SSSR count). The van der Waals surface area contributed by atoms with Gasteiger partial charge in [0.1, 0.15) is 0 Å². The predicted octanol–water partition coefficient (Wildman–Crippen LogP) is 1.31. The molecule has 1 amide bonds. The summed E-state index contributed by atoms with van der Waals surface area (Å²) >= 11 is 0. The Morgan fingerprint density at radius 1 is 1.22 bits per heavy atom. The van der Waals surface area contributed by atoms with E-state index in [-0.39, 0.29) is 12.5 Å². The van der Waals surface area contributed by atoms with Crippen LogP contribution < -0.4 is 11.1 Å². The topological polar surface area (TPSA) is 75.3 Å². The van der Waals surface area contributed by atoms with Crippen molar-refractivity contribution in [2.45, 2.75) is 38.8 Å². The second kappa shape index (κ2) is 8.66.